The third-order valence-corrected chi connectivity index (χ3v) is 7.00. The van der Waals surface area contributed by atoms with E-state index >= 15 is 0 Å². The number of nitrogens with zero attached hydrogens (tertiary/aromatic N) is 5. The van der Waals surface area contributed by atoms with E-state index in [0.29, 0.717) is 19.0 Å². The van der Waals surface area contributed by atoms with Crippen LogP contribution in [0, 0.1) is 0 Å². The maximum atomic E-state index is 12.7. The van der Waals surface area contributed by atoms with Crippen LogP contribution in [-0.4, -0.2) is 62.2 Å². The van der Waals surface area contributed by atoms with Crippen LogP contribution < -0.4 is 0 Å². The van der Waals surface area contributed by atoms with Crippen LogP contribution in [0.25, 0.3) is 11.6 Å². The molecule has 1 saturated heterocycles. The first-order valence-corrected chi connectivity index (χ1v) is 13.2. The van der Waals surface area contributed by atoms with Crippen molar-refractivity contribution in [2.75, 3.05) is 26.2 Å². The molecule has 194 valence electrons. The Bertz CT molecular complexity index is 1300. The zero-order valence-corrected chi connectivity index (χ0v) is 22.5. The minimum atomic E-state index is -0.496. The minimum absolute atomic E-state index is 0.00860. The van der Waals surface area contributed by atoms with Crippen molar-refractivity contribution >= 4 is 17.7 Å². The van der Waals surface area contributed by atoms with Crippen molar-refractivity contribution in [2.45, 2.75) is 58.7 Å². The molecular formula is C30H37N5O2. The first-order chi connectivity index (χ1) is 17.7. The van der Waals surface area contributed by atoms with E-state index in [-0.39, 0.29) is 12.1 Å². The molecule has 1 aliphatic carbocycles. The molecule has 0 saturated carbocycles. The maximum absolute atomic E-state index is 12.7. The fourth-order valence-corrected chi connectivity index (χ4v) is 5.34. The van der Waals surface area contributed by atoms with Crippen molar-refractivity contribution in [1.82, 2.24) is 24.3 Å². The van der Waals surface area contributed by atoms with Crippen LogP contribution in [0.15, 0.2) is 55.0 Å². The van der Waals surface area contributed by atoms with Crippen molar-refractivity contribution in [3.05, 3.63) is 83.2 Å². The normalized spacial score (nSPS) is 18.2. The number of hydrogen-bond acceptors (Lipinski definition) is 5. The molecule has 5 rings (SSSR count). The van der Waals surface area contributed by atoms with Gasteiger partial charge in [-0.3, -0.25) is 9.88 Å². The summed E-state index contributed by atoms with van der Waals surface area (Å²) >= 11 is 0. The molecule has 2 aromatic heterocycles. The van der Waals surface area contributed by atoms with Crippen LogP contribution >= 0.6 is 0 Å². The third-order valence-electron chi connectivity index (χ3n) is 7.00. The highest BCUT2D eigenvalue weighted by molar-refractivity contribution is 5.85. The predicted octanol–water partition coefficient (Wildman–Crippen LogP) is 5.60. The zero-order chi connectivity index (χ0) is 26.2. The number of carbonyl (C=O) groups is 1. The Kier molecular flexibility index (Phi) is 6.90. The van der Waals surface area contributed by atoms with Crippen LogP contribution in [0.5, 0.6) is 0 Å². The summed E-state index contributed by atoms with van der Waals surface area (Å²) < 4.78 is 7.87. The van der Waals surface area contributed by atoms with Crippen molar-refractivity contribution in [1.29, 1.82) is 0 Å². The largest absolute Gasteiger partial charge is 0.444 e. The van der Waals surface area contributed by atoms with Crippen molar-refractivity contribution in [3.8, 4) is 0 Å². The van der Waals surface area contributed by atoms with Gasteiger partial charge in [-0.05, 0) is 49.6 Å². The summed E-state index contributed by atoms with van der Waals surface area (Å²) in [5.41, 5.74) is 5.42. The molecule has 7 nitrogen and oxygen atoms in total. The molecular weight excluding hydrogens is 462 g/mol. The Morgan fingerprint density at radius 3 is 2.51 bits per heavy atom. The smallest absolute Gasteiger partial charge is 0.410 e. The average Bonchev–Trinajstić information content (AvgIpc) is 3.28. The number of ether oxygens (including phenoxy) is 1. The number of aromatic nitrogens is 3. The predicted molar refractivity (Wildman–Crippen MR) is 146 cm³/mol. The molecule has 1 unspecified atom stereocenters. The molecule has 1 atom stereocenters. The first-order valence-electron chi connectivity index (χ1n) is 13.2. The Morgan fingerprint density at radius 2 is 1.78 bits per heavy atom. The standard InChI is InChI=1S/C30H37N5O2/c1-21(2)28-32-13-14-35(28)20-23-19-22-9-6-7-10-25(22)27(26-24(23)11-8-12-31-26)33-15-17-34(18-16-33)29(36)37-30(3,4)5/h6-14,19,21,27H,15-18,20H2,1-5H3. The lowest BCUT2D eigenvalue weighted by atomic mass is 9.95. The van der Waals surface area contributed by atoms with Gasteiger partial charge in [0.1, 0.15) is 11.4 Å². The molecule has 0 spiro atoms. The molecule has 0 radical (unpaired) electrons. The Hall–Kier alpha value is -3.45. The van der Waals surface area contributed by atoms with Gasteiger partial charge in [0.2, 0.25) is 0 Å². The van der Waals surface area contributed by atoms with E-state index in [1.54, 1.807) is 0 Å². The molecule has 37 heavy (non-hydrogen) atoms. The lowest BCUT2D eigenvalue weighted by Crippen LogP contribution is -2.51. The van der Waals surface area contributed by atoms with E-state index in [2.05, 4.69) is 70.9 Å². The van der Waals surface area contributed by atoms with Crippen LogP contribution in [0.3, 0.4) is 0 Å². The first kappa shape index (κ1) is 25.2. The van der Waals surface area contributed by atoms with Gasteiger partial charge < -0.3 is 14.2 Å². The van der Waals surface area contributed by atoms with Gasteiger partial charge in [-0.2, -0.15) is 0 Å². The Morgan fingerprint density at radius 1 is 1.03 bits per heavy atom. The molecule has 2 aliphatic rings. The van der Waals surface area contributed by atoms with Crippen LogP contribution in [0.1, 0.15) is 74.8 Å². The van der Waals surface area contributed by atoms with E-state index < -0.39 is 5.60 Å². The molecule has 7 heteroatoms. The molecule has 0 bridgehead atoms. The van der Waals surface area contributed by atoms with E-state index in [4.69, 9.17) is 9.72 Å². The molecule has 1 aliphatic heterocycles. The number of hydrogen-bond donors (Lipinski definition) is 0. The van der Waals surface area contributed by atoms with Gasteiger partial charge in [0.05, 0.1) is 11.7 Å². The molecule has 1 aromatic carbocycles. The van der Waals surface area contributed by atoms with E-state index in [0.717, 1.165) is 31.2 Å². The number of pyridine rings is 1. The fraction of sp³-hybridized carbons (Fsp3) is 0.433. The SMILES string of the molecule is CC(C)c1nccn1CC1=Cc2ccccc2C(N2CCN(C(=O)OC(C)(C)C)CC2)c2ncccc21. The van der Waals surface area contributed by atoms with Gasteiger partial charge >= 0.3 is 6.09 Å². The van der Waals surface area contributed by atoms with Gasteiger partial charge in [-0.15, -0.1) is 0 Å². The Balaban J connectivity index is 1.48. The van der Waals surface area contributed by atoms with E-state index in [9.17, 15) is 4.79 Å². The quantitative estimate of drug-likeness (QED) is 0.468. The molecule has 3 aromatic rings. The van der Waals surface area contributed by atoms with Gasteiger partial charge in [0, 0.05) is 62.8 Å². The van der Waals surface area contributed by atoms with Gasteiger partial charge in [0.25, 0.3) is 0 Å². The molecule has 1 amide bonds. The number of amides is 1. The summed E-state index contributed by atoms with van der Waals surface area (Å²) in [4.78, 5) is 26.5. The lowest BCUT2D eigenvalue weighted by molar-refractivity contribution is 0.0118. The third kappa shape index (κ3) is 5.32. The summed E-state index contributed by atoms with van der Waals surface area (Å²) in [5, 5.41) is 0. The number of fused-ring (bicyclic) bond motifs is 2. The van der Waals surface area contributed by atoms with Gasteiger partial charge in [-0.1, -0.05) is 44.2 Å². The molecule has 3 heterocycles. The summed E-state index contributed by atoms with van der Waals surface area (Å²) in [6.45, 7) is 13.6. The highest BCUT2D eigenvalue weighted by Gasteiger charge is 2.34. The zero-order valence-electron chi connectivity index (χ0n) is 22.5. The molecule has 0 N–H and O–H groups in total. The minimum Gasteiger partial charge on any atom is -0.444 e. The van der Waals surface area contributed by atoms with E-state index in [1.165, 1.54) is 22.3 Å². The van der Waals surface area contributed by atoms with Crippen molar-refractivity contribution in [2.24, 2.45) is 0 Å². The topological polar surface area (TPSA) is 63.5 Å². The number of benzene rings is 1. The number of allylic oxidation sites excluding steroid dienone is 1. The average molecular weight is 500 g/mol. The van der Waals surface area contributed by atoms with Crippen LogP contribution in [0.4, 0.5) is 4.79 Å². The number of rotatable bonds is 4. The second kappa shape index (κ2) is 10.1. The van der Waals surface area contributed by atoms with Crippen LogP contribution in [0.2, 0.25) is 0 Å². The second-order valence-corrected chi connectivity index (χ2v) is 11.2. The lowest BCUT2D eigenvalue weighted by Gasteiger charge is -2.40. The number of piperazine rings is 1. The highest BCUT2D eigenvalue weighted by Crippen LogP contribution is 2.40. The van der Waals surface area contributed by atoms with Crippen LogP contribution in [-0.2, 0) is 11.3 Å². The number of carbonyl (C=O) groups excluding carboxylic acids is 1. The Labute approximate surface area is 219 Å². The number of imidazole rings is 1. The summed E-state index contributed by atoms with van der Waals surface area (Å²) in [6, 6.07) is 12.8. The van der Waals surface area contributed by atoms with Gasteiger partial charge in [-0.25, -0.2) is 9.78 Å². The highest BCUT2D eigenvalue weighted by atomic mass is 16.6. The molecule has 1 fully saturated rings. The summed E-state index contributed by atoms with van der Waals surface area (Å²) in [5.74, 6) is 1.43. The summed E-state index contributed by atoms with van der Waals surface area (Å²) in [7, 11) is 0. The van der Waals surface area contributed by atoms with E-state index in [1.807, 2.05) is 44.1 Å². The van der Waals surface area contributed by atoms with Crippen molar-refractivity contribution in [3.63, 3.8) is 0 Å². The van der Waals surface area contributed by atoms with Gasteiger partial charge in [0.15, 0.2) is 0 Å². The summed E-state index contributed by atoms with van der Waals surface area (Å²) in [6.07, 6.45) is 7.92. The second-order valence-electron chi connectivity index (χ2n) is 11.2. The fourth-order valence-electron chi connectivity index (χ4n) is 5.34. The maximum Gasteiger partial charge on any atom is 0.410 e. The van der Waals surface area contributed by atoms with Crippen molar-refractivity contribution < 1.29 is 9.53 Å². The monoisotopic (exact) mass is 499 g/mol.